The van der Waals surface area contributed by atoms with Gasteiger partial charge in [-0.2, -0.15) is 0 Å². The lowest BCUT2D eigenvalue weighted by Gasteiger charge is -2.53. The Morgan fingerprint density at radius 3 is 1.88 bits per heavy atom. The number of fused-ring (bicyclic) bond motifs is 1. The molecule has 7 rings (SSSR count). The fraction of sp³-hybridized carbons (Fsp3) is 0.146. The molecule has 2 heteroatoms. The Morgan fingerprint density at radius 1 is 0.674 bits per heavy atom. The number of aryl methyl sites for hydroxylation is 1. The second-order valence-electron chi connectivity index (χ2n) is 12.0. The van der Waals surface area contributed by atoms with Crippen LogP contribution in [0.3, 0.4) is 0 Å². The monoisotopic (exact) mass is 557 g/mol. The first-order chi connectivity index (χ1) is 20.9. The van der Waals surface area contributed by atoms with E-state index in [2.05, 4.69) is 141 Å². The number of allylic oxidation sites excluding steroid dienone is 2. The second kappa shape index (κ2) is 10.4. The van der Waals surface area contributed by atoms with Crippen molar-refractivity contribution in [2.24, 2.45) is 5.92 Å². The maximum atomic E-state index is 15.2. The lowest BCUT2D eigenvalue weighted by atomic mass is 9.54. The molecule has 43 heavy (non-hydrogen) atoms. The van der Waals surface area contributed by atoms with E-state index in [0.717, 1.165) is 33.5 Å². The third-order valence-corrected chi connectivity index (χ3v) is 9.76. The van der Waals surface area contributed by atoms with Gasteiger partial charge in [0.1, 0.15) is 0 Å². The summed E-state index contributed by atoms with van der Waals surface area (Å²) in [6, 6.07) is 48.5. The van der Waals surface area contributed by atoms with Crippen LogP contribution in [0.25, 0.3) is 11.1 Å². The summed E-state index contributed by atoms with van der Waals surface area (Å²) in [5.41, 5.74) is 8.54. The number of para-hydroxylation sites is 1. The largest absolute Gasteiger partial charge is 0.363 e. The van der Waals surface area contributed by atoms with Crippen LogP contribution in [0.15, 0.2) is 152 Å². The third-order valence-electron chi connectivity index (χ3n) is 9.76. The van der Waals surface area contributed by atoms with Crippen molar-refractivity contribution >= 4 is 22.6 Å². The molecule has 2 aliphatic rings. The molecule has 0 saturated heterocycles. The van der Waals surface area contributed by atoms with Gasteiger partial charge >= 0.3 is 0 Å². The number of hydrogen-bond donors (Lipinski definition) is 0. The highest BCUT2D eigenvalue weighted by Gasteiger charge is 2.64. The molecule has 2 nitrogen and oxygen atoms in total. The van der Waals surface area contributed by atoms with Crippen LogP contribution in [0.1, 0.15) is 45.1 Å². The molecule has 5 aromatic rings. The Morgan fingerprint density at radius 2 is 1.23 bits per heavy atom. The molecule has 0 N–H and O–H groups in total. The molecule has 0 bridgehead atoms. The van der Waals surface area contributed by atoms with Crippen LogP contribution in [0.5, 0.6) is 0 Å². The van der Waals surface area contributed by atoms with Crippen LogP contribution < -0.4 is 4.90 Å². The van der Waals surface area contributed by atoms with Crippen LogP contribution in [0.4, 0.5) is 5.69 Å². The van der Waals surface area contributed by atoms with E-state index < -0.39 is 16.9 Å². The van der Waals surface area contributed by atoms with Crippen LogP contribution in [-0.2, 0) is 5.41 Å². The SMILES string of the molecule is Cc1ccc(C2(C)c3ccccc3N(C)C23C=C(c2ccccc2)C=C(c2ccccc2)C3C(=O)c2ccccc2)cc1. The Bertz CT molecular complexity index is 1850. The van der Waals surface area contributed by atoms with E-state index >= 15 is 4.79 Å². The van der Waals surface area contributed by atoms with E-state index in [1.54, 1.807) is 0 Å². The van der Waals surface area contributed by atoms with E-state index in [1.165, 1.54) is 16.7 Å². The van der Waals surface area contributed by atoms with Crippen molar-refractivity contribution in [3.8, 4) is 0 Å². The topological polar surface area (TPSA) is 20.3 Å². The molecule has 0 amide bonds. The lowest BCUT2D eigenvalue weighted by Crippen LogP contribution is -2.62. The first-order valence-corrected chi connectivity index (χ1v) is 15.0. The first-order valence-electron chi connectivity index (χ1n) is 15.0. The molecule has 1 aliphatic carbocycles. The number of carbonyl (C=O) groups is 1. The van der Waals surface area contributed by atoms with E-state index in [9.17, 15) is 0 Å². The number of nitrogens with zero attached hydrogens (tertiary/aromatic N) is 1. The molecule has 5 aromatic carbocycles. The number of carbonyl (C=O) groups excluding carboxylic acids is 1. The summed E-state index contributed by atoms with van der Waals surface area (Å²) in [7, 11) is 2.18. The van der Waals surface area contributed by atoms with Crippen LogP contribution in [0, 0.1) is 12.8 Å². The highest BCUT2D eigenvalue weighted by molar-refractivity contribution is 6.10. The van der Waals surface area contributed by atoms with Gasteiger partial charge in [-0.1, -0.05) is 139 Å². The fourth-order valence-electron chi connectivity index (χ4n) is 7.57. The molecule has 1 spiro atoms. The van der Waals surface area contributed by atoms with Gasteiger partial charge in [0.25, 0.3) is 0 Å². The van der Waals surface area contributed by atoms with Gasteiger partial charge in [-0.25, -0.2) is 0 Å². The zero-order chi connectivity index (χ0) is 29.6. The molecule has 0 radical (unpaired) electrons. The van der Waals surface area contributed by atoms with Crippen LogP contribution >= 0.6 is 0 Å². The molecular formula is C41H35NO. The highest BCUT2D eigenvalue weighted by Crippen LogP contribution is 2.62. The van der Waals surface area contributed by atoms with Crippen molar-refractivity contribution < 1.29 is 4.79 Å². The van der Waals surface area contributed by atoms with Gasteiger partial charge in [-0.3, -0.25) is 4.79 Å². The normalized spacial score (nSPS) is 22.6. The Hall–Kier alpha value is -4.95. The Labute approximate surface area is 254 Å². The number of anilines is 1. The third kappa shape index (κ3) is 4.05. The van der Waals surface area contributed by atoms with Crippen LogP contribution in [-0.4, -0.2) is 18.4 Å². The van der Waals surface area contributed by atoms with Gasteiger partial charge in [-0.15, -0.1) is 0 Å². The van der Waals surface area contributed by atoms with E-state index in [1.807, 2.05) is 36.4 Å². The van der Waals surface area contributed by atoms with Crippen molar-refractivity contribution in [1.82, 2.24) is 0 Å². The molecule has 0 saturated carbocycles. The van der Waals surface area contributed by atoms with Gasteiger partial charge in [0.05, 0.1) is 11.5 Å². The predicted molar refractivity (Wildman–Crippen MR) is 178 cm³/mol. The number of likely N-dealkylation sites (N-methyl/N-ethyl adjacent to an activating group) is 1. The smallest absolute Gasteiger partial charge is 0.173 e. The van der Waals surface area contributed by atoms with Gasteiger partial charge in [0.15, 0.2) is 5.78 Å². The van der Waals surface area contributed by atoms with Crippen molar-refractivity contribution in [3.63, 3.8) is 0 Å². The van der Waals surface area contributed by atoms with Crippen molar-refractivity contribution in [2.75, 3.05) is 11.9 Å². The maximum absolute atomic E-state index is 15.2. The van der Waals surface area contributed by atoms with Gasteiger partial charge in [0, 0.05) is 23.7 Å². The maximum Gasteiger partial charge on any atom is 0.173 e. The molecular weight excluding hydrogens is 522 g/mol. The highest BCUT2D eigenvalue weighted by atomic mass is 16.1. The van der Waals surface area contributed by atoms with Gasteiger partial charge in [-0.05, 0) is 65.5 Å². The quantitative estimate of drug-likeness (QED) is 0.201. The van der Waals surface area contributed by atoms with Crippen LogP contribution in [0.2, 0.25) is 0 Å². The summed E-state index contributed by atoms with van der Waals surface area (Å²) in [5, 5.41) is 0. The summed E-state index contributed by atoms with van der Waals surface area (Å²) in [6.45, 7) is 4.47. The summed E-state index contributed by atoms with van der Waals surface area (Å²) < 4.78 is 0. The molecule has 1 heterocycles. The van der Waals surface area contributed by atoms with E-state index in [4.69, 9.17) is 0 Å². The lowest BCUT2D eigenvalue weighted by molar-refractivity contribution is 0.0892. The summed E-state index contributed by atoms with van der Waals surface area (Å²) in [6.07, 6.45) is 4.66. The molecule has 3 unspecified atom stereocenters. The van der Waals surface area contributed by atoms with Crippen molar-refractivity contribution in [3.05, 3.63) is 185 Å². The van der Waals surface area contributed by atoms with Crippen molar-refractivity contribution in [2.45, 2.75) is 24.8 Å². The average Bonchev–Trinajstić information content (AvgIpc) is 3.25. The Balaban J connectivity index is 1.62. The second-order valence-corrected chi connectivity index (χ2v) is 12.0. The molecule has 3 atom stereocenters. The van der Waals surface area contributed by atoms with Crippen molar-refractivity contribution in [1.29, 1.82) is 0 Å². The zero-order valence-electron chi connectivity index (χ0n) is 24.9. The van der Waals surface area contributed by atoms with E-state index in [0.29, 0.717) is 0 Å². The summed E-state index contributed by atoms with van der Waals surface area (Å²) >= 11 is 0. The molecule has 1 aliphatic heterocycles. The summed E-state index contributed by atoms with van der Waals surface area (Å²) in [5.74, 6) is -0.370. The zero-order valence-corrected chi connectivity index (χ0v) is 24.9. The average molecular weight is 558 g/mol. The molecule has 0 fully saturated rings. The Kier molecular flexibility index (Phi) is 6.51. The van der Waals surface area contributed by atoms with E-state index in [-0.39, 0.29) is 5.78 Å². The number of benzene rings is 5. The number of rotatable bonds is 5. The summed E-state index contributed by atoms with van der Waals surface area (Å²) in [4.78, 5) is 17.6. The molecule has 0 aromatic heterocycles. The van der Waals surface area contributed by atoms with Gasteiger partial charge in [0.2, 0.25) is 0 Å². The number of ketones is 1. The predicted octanol–water partition coefficient (Wildman–Crippen LogP) is 9.17. The minimum atomic E-state index is -0.760. The number of Topliss-reactive ketones (excluding diaryl/α,β-unsaturated/α-hetero) is 1. The molecule has 210 valence electrons. The fourth-order valence-corrected chi connectivity index (χ4v) is 7.57. The van der Waals surface area contributed by atoms with Gasteiger partial charge < -0.3 is 4.90 Å². The number of hydrogen-bond acceptors (Lipinski definition) is 2. The minimum absolute atomic E-state index is 0.122. The standard InChI is InChI=1S/C41H35NO/c1-29-23-25-34(26-24-29)40(2)36-21-13-14-22-37(36)42(3)41(40)28-33(30-15-7-4-8-16-30)27-35(31-17-9-5-10-18-31)38(41)39(43)32-19-11-6-12-20-32/h4-28,38H,1-3H3. The minimum Gasteiger partial charge on any atom is -0.363 e. The first kappa shape index (κ1) is 26.9.